The average molecular weight is 296 g/mol. The van der Waals surface area contributed by atoms with Gasteiger partial charge in [-0.25, -0.2) is 4.98 Å². The smallest absolute Gasteiger partial charge is 0.0798 e. The summed E-state index contributed by atoms with van der Waals surface area (Å²) >= 11 is 1.76. The Morgan fingerprint density at radius 3 is 2.85 bits per heavy atom. The highest BCUT2D eigenvalue weighted by Gasteiger charge is 2.35. The molecular formula is C15H28N4S. The average Bonchev–Trinajstić information content (AvgIpc) is 2.75. The normalized spacial score (nSPS) is 25.1. The lowest BCUT2D eigenvalue weighted by Gasteiger charge is -2.40. The number of hydrogen-bond donors (Lipinski definition) is 1. The Kier molecular flexibility index (Phi) is 5.55. The summed E-state index contributed by atoms with van der Waals surface area (Å²) in [6, 6.07) is 0. The zero-order chi connectivity index (χ0) is 14.6. The highest BCUT2D eigenvalue weighted by atomic mass is 32.1. The van der Waals surface area contributed by atoms with Gasteiger partial charge in [-0.2, -0.15) is 0 Å². The number of thiazole rings is 1. The van der Waals surface area contributed by atoms with E-state index in [1.54, 1.807) is 11.3 Å². The molecule has 2 N–H and O–H groups in total. The molecule has 0 radical (unpaired) electrons. The van der Waals surface area contributed by atoms with Gasteiger partial charge in [-0.1, -0.05) is 6.92 Å². The lowest BCUT2D eigenvalue weighted by Crippen LogP contribution is -2.52. The van der Waals surface area contributed by atoms with Crippen LogP contribution >= 0.6 is 11.3 Å². The van der Waals surface area contributed by atoms with Crippen molar-refractivity contribution >= 4 is 11.3 Å². The molecule has 1 aromatic rings. The van der Waals surface area contributed by atoms with Gasteiger partial charge in [0.1, 0.15) is 0 Å². The second kappa shape index (κ2) is 6.98. The van der Waals surface area contributed by atoms with Gasteiger partial charge in [0.25, 0.3) is 0 Å². The second-order valence-corrected chi connectivity index (χ2v) is 6.87. The van der Waals surface area contributed by atoms with Gasteiger partial charge in [0.2, 0.25) is 0 Å². The van der Waals surface area contributed by atoms with Crippen molar-refractivity contribution in [1.82, 2.24) is 14.8 Å². The van der Waals surface area contributed by atoms with E-state index in [4.69, 9.17) is 5.73 Å². The molecule has 0 bridgehead atoms. The molecule has 1 saturated heterocycles. The van der Waals surface area contributed by atoms with Gasteiger partial charge < -0.3 is 10.6 Å². The molecule has 1 atom stereocenters. The highest BCUT2D eigenvalue weighted by molar-refractivity contribution is 7.09. The van der Waals surface area contributed by atoms with Gasteiger partial charge in [-0.3, -0.25) is 4.90 Å². The van der Waals surface area contributed by atoms with E-state index >= 15 is 0 Å². The molecule has 0 aliphatic carbocycles. The summed E-state index contributed by atoms with van der Waals surface area (Å²) in [5, 5.41) is 0. The standard InChI is InChI=1S/C15H28N4S/c1-4-19-8-5-6-15(11-16,7-9-19)18(3)10-14-13(2)17-12-20-14/h12H,4-11,16H2,1-3H3. The molecule has 4 nitrogen and oxygen atoms in total. The molecule has 1 fully saturated rings. The van der Waals surface area contributed by atoms with Crippen LogP contribution in [0.2, 0.25) is 0 Å². The Hall–Kier alpha value is -0.490. The largest absolute Gasteiger partial charge is 0.329 e. The Bertz CT molecular complexity index is 420. The van der Waals surface area contributed by atoms with Crippen LogP contribution in [0.25, 0.3) is 0 Å². The third-order valence-electron chi connectivity index (χ3n) is 4.87. The van der Waals surface area contributed by atoms with Crippen LogP contribution in [-0.4, -0.2) is 53.5 Å². The maximum Gasteiger partial charge on any atom is 0.0798 e. The van der Waals surface area contributed by atoms with Gasteiger partial charge in [0.05, 0.1) is 11.2 Å². The van der Waals surface area contributed by atoms with Crippen LogP contribution in [0.1, 0.15) is 36.8 Å². The summed E-state index contributed by atoms with van der Waals surface area (Å²) in [6.07, 6.45) is 3.62. The van der Waals surface area contributed by atoms with Crippen LogP contribution < -0.4 is 5.73 Å². The number of rotatable bonds is 5. The van der Waals surface area contributed by atoms with Crippen LogP contribution in [0.4, 0.5) is 0 Å². The quantitative estimate of drug-likeness (QED) is 0.904. The maximum atomic E-state index is 6.19. The van der Waals surface area contributed by atoms with Crippen molar-refractivity contribution in [2.24, 2.45) is 5.73 Å². The van der Waals surface area contributed by atoms with Crippen LogP contribution in [0.3, 0.4) is 0 Å². The van der Waals surface area contributed by atoms with E-state index in [0.29, 0.717) is 0 Å². The zero-order valence-electron chi connectivity index (χ0n) is 13.1. The van der Waals surface area contributed by atoms with Crippen molar-refractivity contribution in [3.05, 3.63) is 16.1 Å². The Balaban J connectivity index is 2.07. The monoisotopic (exact) mass is 296 g/mol. The van der Waals surface area contributed by atoms with E-state index in [2.05, 4.69) is 35.7 Å². The van der Waals surface area contributed by atoms with Crippen molar-refractivity contribution < 1.29 is 0 Å². The van der Waals surface area contributed by atoms with Crippen LogP contribution in [-0.2, 0) is 6.54 Å². The first-order chi connectivity index (χ1) is 9.61. The van der Waals surface area contributed by atoms with E-state index < -0.39 is 0 Å². The van der Waals surface area contributed by atoms with Crippen LogP contribution in [0.15, 0.2) is 5.51 Å². The van der Waals surface area contributed by atoms with Crippen LogP contribution in [0, 0.1) is 6.92 Å². The minimum Gasteiger partial charge on any atom is -0.329 e. The number of aryl methyl sites for hydroxylation is 1. The van der Waals surface area contributed by atoms with Crippen molar-refractivity contribution in [2.45, 2.75) is 45.2 Å². The van der Waals surface area contributed by atoms with E-state index in [-0.39, 0.29) is 5.54 Å². The SMILES string of the molecule is CCN1CCCC(CN)(N(C)Cc2scnc2C)CC1. The minimum absolute atomic E-state index is 0.153. The van der Waals surface area contributed by atoms with E-state index in [1.807, 2.05) is 5.51 Å². The first-order valence-corrected chi connectivity index (χ1v) is 8.52. The summed E-state index contributed by atoms with van der Waals surface area (Å²) in [5.41, 5.74) is 9.45. The fourth-order valence-corrected chi connectivity index (χ4v) is 3.98. The van der Waals surface area contributed by atoms with Gasteiger partial charge in [0.15, 0.2) is 0 Å². The topological polar surface area (TPSA) is 45.4 Å². The minimum atomic E-state index is 0.153. The summed E-state index contributed by atoms with van der Waals surface area (Å²) < 4.78 is 0. The summed E-state index contributed by atoms with van der Waals surface area (Å²) in [7, 11) is 2.23. The first-order valence-electron chi connectivity index (χ1n) is 7.64. The lowest BCUT2D eigenvalue weighted by molar-refractivity contribution is 0.100. The van der Waals surface area contributed by atoms with E-state index in [1.165, 1.54) is 37.2 Å². The molecule has 1 aliphatic heterocycles. The number of nitrogens with two attached hydrogens (primary N) is 1. The lowest BCUT2D eigenvalue weighted by atomic mass is 9.88. The molecule has 2 heterocycles. The molecule has 20 heavy (non-hydrogen) atoms. The summed E-state index contributed by atoms with van der Waals surface area (Å²) in [5.74, 6) is 0. The molecule has 1 unspecified atom stereocenters. The maximum absolute atomic E-state index is 6.19. The molecular weight excluding hydrogens is 268 g/mol. The van der Waals surface area contributed by atoms with Crippen molar-refractivity contribution in [1.29, 1.82) is 0 Å². The van der Waals surface area contributed by atoms with Crippen molar-refractivity contribution in [3.8, 4) is 0 Å². The number of likely N-dealkylation sites (N-methyl/N-ethyl adjacent to an activating group) is 1. The fraction of sp³-hybridized carbons (Fsp3) is 0.800. The summed E-state index contributed by atoms with van der Waals surface area (Å²) in [6.45, 7) is 9.60. The molecule has 0 spiro atoms. The number of hydrogen-bond acceptors (Lipinski definition) is 5. The van der Waals surface area contributed by atoms with Crippen LogP contribution in [0.5, 0.6) is 0 Å². The molecule has 114 valence electrons. The molecule has 1 aliphatic rings. The van der Waals surface area contributed by atoms with Crippen molar-refractivity contribution in [2.75, 3.05) is 33.2 Å². The second-order valence-electron chi connectivity index (χ2n) is 5.93. The predicted octanol–water partition coefficient (Wildman–Crippen LogP) is 2.09. The third-order valence-corrected chi connectivity index (χ3v) is 5.79. The van der Waals surface area contributed by atoms with E-state index in [0.717, 1.165) is 25.3 Å². The fourth-order valence-electron chi connectivity index (χ4n) is 3.15. The molecule has 5 heteroatoms. The molecule has 0 aromatic carbocycles. The Labute approximate surface area is 127 Å². The molecule has 0 saturated carbocycles. The number of aromatic nitrogens is 1. The van der Waals surface area contributed by atoms with Gasteiger partial charge >= 0.3 is 0 Å². The predicted molar refractivity (Wildman–Crippen MR) is 86.1 cm³/mol. The third kappa shape index (κ3) is 3.39. The first kappa shape index (κ1) is 15.9. The van der Waals surface area contributed by atoms with E-state index in [9.17, 15) is 0 Å². The molecule has 0 amide bonds. The Morgan fingerprint density at radius 2 is 2.25 bits per heavy atom. The highest BCUT2D eigenvalue weighted by Crippen LogP contribution is 2.29. The summed E-state index contributed by atoms with van der Waals surface area (Å²) in [4.78, 5) is 10.8. The zero-order valence-corrected chi connectivity index (χ0v) is 13.9. The van der Waals surface area contributed by atoms with Crippen molar-refractivity contribution in [3.63, 3.8) is 0 Å². The molecule has 2 rings (SSSR count). The van der Waals surface area contributed by atoms with Gasteiger partial charge in [0, 0.05) is 23.5 Å². The number of nitrogens with zero attached hydrogens (tertiary/aromatic N) is 3. The van der Waals surface area contributed by atoms with Gasteiger partial charge in [-0.05, 0) is 52.9 Å². The Morgan fingerprint density at radius 1 is 1.45 bits per heavy atom. The molecule has 1 aromatic heterocycles. The van der Waals surface area contributed by atoms with Gasteiger partial charge in [-0.15, -0.1) is 11.3 Å². The number of likely N-dealkylation sites (tertiary alicyclic amines) is 1.